The summed E-state index contributed by atoms with van der Waals surface area (Å²) in [5.41, 5.74) is 1.63. The number of halogens is 1. The van der Waals surface area contributed by atoms with Crippen molar-refractivity contribution in [3.8, 4) is 0 Å². The van der Waals surface area contributed by atoms with Gasteiger partial charge in [-0.15, -0.1) is 0 Å². The van der Waals surface area contributed by atoms with E-state index in [1.807, 2.05) is 13.8 Å². The lowest BCUT2D eigenvalue weighted by Gasteiger charge is -2.25. The Morgan fingerprint density at radius 3 is 2.35 bits per heavy atom. The average Bonchev–Trinajstić information content (AvgIpc) is 2.29. The van der Waals surface area contributed by atoms with E-state index in [1.165, 1.54) is 37.7 Å². The topological polar surface area (TPSA) is 20.2 Å². The van der Waals surface area contributed by atoms with Crippen LogP contribution < -0.4 is 0 Å². The highest BCUT2D eigenvalue weighted by molar-refractivity contribution is 9.10. The molecule has 94 valence electrons. The summed E-state index contributed by atoms with van der Waals surface area (Å²) >= 11 is 3.66. The highest BCUT2D eigenvalue weighted by Gasteiger charge is 2.21. The average molecular weight is 297 g/mol. The van der Waals surface area contributed by atoms with Crippen molar-refractivity contribution >= 4 is 15.9 Å². The zero-order valence-electron chi connectivity index (χ0n) is 10.7. The first kappa shape index (κ1) is 13.1. The Bertz CT molecular complexity index is 386. The molecule has 0 aromatic heterocycles. The molecule has 1 nitrogen and oxygen atoms in total. The fourth-order valence-corrected chi connectivity index (χ4v) is 3.35. The summed E-state index contributed by atoms with van der Waals surface area (Å²) in [6.45, 7) is 3.66. The minimum absolute atomic E-state index is 0.703. The fraction of sp³-hybridized carbons (Fsp3) is 0.600. The van der Waals surface area contributed by atoms with Crippen molar-refractivity contribution < 1.29 is 5.11 Å². The maximum absolute atomic E-state index is 9.99. The van der Waals surface area contributed by atoms with E-state index in [2.05, 4.69) is 34.1 Å². The minimum Gasteiger partial charge on any atom is -0.386 e. The van der Waals surface area contributed by atoms with Crippen LogP contribution in [0.4, 0.5) is 0 Å². The van der Waals surface area contributed by atoms with Crippen molar-refractivity contribution in [1.29, 1.82) is 0 Å². The molecule has 0 radical (unpaired) electrons. The van der Waals surface area contributed by atoms with E-state index in [4.69, 9.17) is 0 Å². The number of aliphatic hydroxyl groups is 1. The Hall–Kier alpha value is -0.340. The molecule has 1 aromatic carbocycles. The summed E-state index contributed by atoms with van der Waals surface area (Å²) in [6, 6.07) is 6.33. The van der Waals surface area contributed by atoms with E-state index >= 15 is 0 Å². The van der Waals surface area contributed by atoms with Crippen LogP contribution in [0, 0.1) is 0 Å². The second-order valence-corrected chi connectivity index (χ2v) is 6.48. The summed E-state index contributed by atoms with van der Waals surface area (Å²) in [6.07, 6.45) is 6.70. The van der Waals surface area contributed by atoms with Crippen LogP contribution in [0.25, 0.3) is 0 Å². The Kier molecular flexibility index (Phi) is 3.94. The smallest absolute Gasteiger partial charge is 0.0840 e. The minimum atomic E-state index is -0.756. The Morgan fingerprint density at radius 2 is 1.82 bits per heavy atom. The Balaban J connectivity index is 2.25. The molecule has 0 heterocycles. The van der Waals surface area contributed by atoms with Crippen LogP contribution >= 0.6 is 15.9 Å². The monoisotopic (exact) mass is 296 g/mol. The first-order chi connectivity index (χ1) is 7.98. The third-order valence-electron chi connectivity index (χ3n) is 3.75. The molecule has 0 aliphatic heterocycles. The number of hydrogen-bond acceptors (Lipinski definition) is 1. The van der Waals surface area contributed by atoms with E-state index in [0.717, 1.165) is 10.0 Å². The fourth-order valence-electron chi connectivity index (χ4n) is 2.65. The molecule has 0 amide bonds. The summed E-state index contributed by atoms with van der Waals surface area (Å²) in [5.74, 6) is 0.703. The Labute approximate surface area is 112 Å². The predicted octanol–water partition coefficient (Wildman–Crippen LogP) is 4.72. The lowest BCUT2D eigenvalue weighted by molar-refractivity contribution is 0.0785. The second-order valence-electron chi connectivity index (χ2n) is 5.63. The van der Waals surface area contributed by atoms with Crippen LogP contribution in [-0.2, 0) is 5.60 Å². The van der Waals surface area contributed by atoms with Gasteiger partial charge in [0.2, 0.25) is 0 Å². The van der Waals surface area contributed by atoms with Gasteiger partial charge in [-0.25, -0.2) is 0 Å². The molecule has 2 heteroatoms. The van der Waals surface area contributed by atoms with Crippen LogP contribution in [0.3, 0.4) is 0 Å². The van der Waals surface area contributed by atoms with Crippen LogP contribution in [0.2, 0.25) is 0 Å². The molecule has 17 heavy (non-hydrogen) atoms. The number of rotatable bonds is 2. The molecule has 2 rings (SSSR count). The number of hydrogen-bond donors (Lipinski definition) is 1. The van der Waals surface area contributed by atoms with E-state index in [1.54, 1.807) is 0 Å². The van der Waals surface area contributed by atoms with Gasteiger partial charge in [-0.05, 0) is 49.8 Å². The van der Waals surface area contributed by atoms with Crippen molar-refractivity contribution in [3.05, 3.63) is 33.8 Å². The van der Waals surface area contributed by atoms with E-state index < -0.39 is 5.60 Å². The van der Waals surface area contributed by atoms with Gasteiger partial charge in [-0.3, -0.25) is 0 Å². The summed E-state index contributed by atoms with van der Waals surface area (Å²) in [5, 5.41) is 9.99. The molecule has 1 aliphatic rings. The summed E-state index contributed by atoms with van der Waals surface area (Å²) < 4.78 is 1.16. The van der Waals surface area contributed by atoms with Gasteiger partial charge in [0.1, 0.15) is 0 Å². The standard InChI is InChI=1S/C15H21BrO/c1-15(2,17)12-8-9-13(14(16)10-12)11-6-4-3-5-7-11/h8-11,17H,3-7H2,1-2H3. The normalized spacial score (nSPS) is 18.4. The van der Waals surface area contributed by atoms with Gasteiger partial charge in [-0.2, -0.15) is 0 Å². The van der Waals surface area contributed by atoms with Gasteiger partial charge in [0.05, 0.1) is 5.60 Å². The van der Waals surface area contributed by atoms with E-state index in [0.29, 0.717) is 5.92 Å². The second kappa shape index (κ2) is 5.11. The van der Waals surface area contributed by atoms with E-state index in [-0.39, 0.29) is 0 Å². The molecule has 1 aromatic rings. The maximum Gasteiger partial charge on any atom is 0.0840 e. The molecule has 1 saturated carbocycles. The van der Waals surface area contributed by atoms with Gasteiger partial charge >= 0.3 is 0 Å². The van der Waals surface area contributed by atoms with Gasteiger partial charge in [0.25, 0.3) is 0 Å². The van der Waals surface area contributed by atoms with Crippen molar-refractivity contribution in [2.45, 2.75) is 57.5 Å². The van der Waals surface area contributed by atoms with Crippen LogP contribution in [0.5, 0.6) is 0 Å². The van der Waals surface area contributed by atoms with Gasteiger partial charge in [0.15, 0.2) is 0 Å². The SMILES string of the molecule is CC(C)(O)c1ccc(C2CCCCC2)c(Br)c1. The lowest BCUT2D eigenvalue weighted by Crippen LogP contribution is -2.16. The van der Waals surface area contributed by atoms with Gasteiger partial charge in [0, 0.05) is 4.47 Å². The molecule has 1 aliphatic carbocycles. The molecular formula is C15H21BrO. The first-order valence-corrected chi connectivity index (χ1v) is 7.30. The largest absolute Gasteiger partial charge is 0.386 e. The first-order valence-electron chi connectivity index (χ1n) is 6.51. The van der Waals surface area contributed by atoms with Crippen molar-refractivity contribution in [3.63, 3.8) is 0 Å². The zero-order chi connectivity index (χ0) is 12.5. The lowest BCUT2D eigenvalue weighted by atomic mass is 9.83. The third kappa shape index (κ3) is 3.11. The van der Waals surface area contributed by atoms with Gasteiger partial charge in [-0.1, -0.05) is 47.3 Å². The molecule has 0 saturated heterocycles. The van der Waals surface area contributed by atoms with Crippen LogP contribution in [0.15, 0.2) is 22.7 Å². The predicted molar refractivity (Wildman–Crippen MR) is 75.2 cm³/mol. The molecular weight excluding hydrogens is 276 g/mol. The maximum atomic E-state index is 9.99. The van der Waals surface area contributed by atoms with Gasteiger partial charge < -0.3 is 5.11 Å². The molecule has 0 unspecified atom stereocenters. The van der Waals surface area contributed by atoms with Crippen LogP contribution in [0.1, 0.15) is 63.0 Å². The molecule has 1 N–H and O–H groups in total. The van der Waals surface area contributed by atoms with Crippen molar-refractivity contribution in [2.75, 3.05) is 0 Å². The van der Waals surface area contributed by atoms with E-state index in [9.17, 15) is 5.11 Å². The highest BCUT2D eigenvalue weighted by Crippen LogP contribution is 2.37. The third-order valence-corrected chi connectivity index (χ3v) is 4.44. The summed E-state index contributed by atoms with van der Waals surface area (Å²) in [4.78, 5) is 0. The highest BCUT2D eigenvalue weighted by atomic mass is 79.9. The summed E-state index contributed by atoms with van der Waals surface area (Å²) in [7, 11) is 0. The number of benzene rings is 1. The molecule has 0 spiro atoms. The zero-order valence-corrected chi connectivity index (χ0v) is 12.3. The Morgan fingerprint density at radius 1 is 1.18 bits per heavy atom. The van der Waals surface area contributed by atoms with Crippen molar-refractivity contribution in [2.24, 2.45) is 0 Å². The molecule has 0 atom stereocenters. The molecule has 0 bridgehead atoms. The van der Waals surface area contributed by atoms with Crippen LogP contribution in [-0.4, -0.2) is 5.11 Å². The van der Waals surface area contributed by atoms with Crippen molar-refractivity contribution in [1.82, 2.24) is 0 Å². The quantitative estimate of drug-likeness (QED) is 0.837. The molecule has 1 fully saturated rings.